The van der Waals surface area contributed by atoms with Gasteiger partial charge in [-0.2, -0.15) is 0 Å². The van der Waals surface area contributed by atoms with Gasteiger partial charge < -0.3 is 9.64 Å². The maximum atomic E-state index is 6.55. The average Bonchev–Trinajstić information content (AvgIpc) is 3.07. The van der Waals surface area contributed by atoms with Crippen LogP contribution in [0.25, 0.3) is 0 Å². The smallest absolute Gasteiger partial charge is 0.108 e. The molecule has 1 fully saturated rings. The van der Waals surface area contributed by atoms with Crippen LogP contribution in [0, 0.1) is 0 Å². The lowest BCUT2D eigenvalue weighted by atomic mass is 10.0. The fourth-order valence-corrected chi connectivity index (χ4v) is 3.43. The highest BCUT2D eigenvalue weighted by atomic mass is 35.5. The first-order valence-electron chi connectivity index (χ1n) is 8.94. The molecule has 2 atom stereocenters. The molecule has 1 aliphatic rings. The third kappa shape index (κ3) is 4.60. The Labute approximate surface area is 150 Å². The zero-order valence-corrected chi connectivity index (χ0v) is 15.1. The van der Waals surface area contributed by atoms with Crippen molar-refractivity contribution in [3.63, 3.8) is 0 Å². The Balaban J connectivity index is 1.73. The van der Waals surface area contributed by atoms with E-state index in [4.69, 9.17) is 16.3 Å². The van der Waals surface area contributed by atoms with Crippen LogP contribution in [-0.4, -0.2) is 30.6 Å². The number of halogens is 1. The van der Waals surface area contributed by atoms with E-state index in [1.165, 1.54) is 24.9 Å². The SMILES string of the molecule is CCCCN1CCC(OC(c2ccccc2)c2ccc(Cl)cc2)C1. The Kier molecular flexibility index (Phi) is 6.30. The zero-order chi connectivity index (χ0) is 16.8. The van der Waals surface area contributed by atoms with Crippen LogP contribution in [0.5, 0.6) is 0 Å². The first-order chi connectivity index (χ1) is 11.8. The second kappa shape index (κ2) is 8.66. The summed E-state index contributed by atoms with van der Waals surface area (Å²) in [5, 5.41) is 0.761. The Morgan fingerprint density at radius 3 is 2.50 bits per heavy atom. The van der Waals surface area contributed by atoms with E-state index in [-0.39, 0.29) is 6.10 Å². The Hall–Kier alpha value is -1.35. The lowest BCUT2D eigenvalue weighted by Gasteiger charge is -2.24. The molecule has 2 aromatic carbocycles. The van der Waals surface area contributed by atoms with E-state index < -0.39 is 0 Å². The van der Waals surface area contributed by atoms with E-state index in [1.807, 2.05) is 18.2 Å². The summed E-state index contributed by atoms with van der Waals surface area (Å²) < 4.78 is 6.55. The number of hydrogen-bond donors (Lipinski definition) is 0. The molecule has 1 heterocycles. The van der Waals surface area contributed by atoms with Crippen molar-refractivity contribution in [2.75, 3.05) is 19.6 Å². The summed E-state index contributed by atoms with van der Waals surface area (Å²) in [5.74, 6) is 0. The van der Waals surface area contributed by atoms with Gasteiger partial charge in [0.25, 0.3) is 0 Å². The molecule has 1 saturated heterocycles. The second-order valence-corrected chi connectivity index (χ2v) is 6.98. The summed E-state index contributed by atoms with van der Waals surface area (Å²) in [4.78, 5) is 2.53. The molecule has 1 aliphatic heterocycles. The van der Waals surface area contributed by atoms with Crippen molar-refractivity contribution in [2.24, 2.45) is 0 Å². The highest BCUT2D eigenvalue weighted by Crippen LogP contribution is 2.30. The fourth-order valence-electron chi connectivity index (χ4n) is 3.30. The topological polar surface area (TPSA) is 12.5 Å². The van der Waals surface area contributed by atoms with Crippen molar-refractivity contribution in [2.45, 2.75) is 38.4 Å². The quantitative estimate of drug-likeness (QED) is 0.674. The molecular formula is C21H26ClNO. The largest absolute Gasteiger partial charge is 0.364 e. The Morgan fingerprint density at radius 2 is 1.79 bits per heavy atom. The molecule has 3 heteroatoms. The fraction of sp³-hybridized carbons (Fsp3) is 0.429. The van der Waals surface area contributed by atoms with Gasteiger partial charge in [-0.05, 0) is 42.6 Å². The van der Waals surface area contributed by atoms with Gasteiger partial charge in [-0.3, -0.25) is 0 Å². The lowest BCUT2D eigenvalue weighted by molar-refractivity contribution is 0.0142. The van der Waals surface area contributed by atoms with Gasteiger partial charge in [-0.1, -0.05) is 67.4 Å². The van der Waals surface area contributed by atoms with Crippen molar-refractivity contribution in [3.05, 3.63) is 70.7 Å². The molecule has 2 unspecified atom stereocenters. The average molecular weight is 344 g/mol. The van der Waals surface area contributed by atoms with Crippen LogP contribution in [0.1, 0.15) is 43.4 Å². The van der Waals surface area contributed by atoms with E-state index in [1.54, 1.807) is 0 Å². The van der Waals surface area contributed by atoms with Crippen LogP contribution in [0.4, 0.5) is 0 Å². The van der Waals surface area contributed by atoms with Crippen LogP contribution >= 0.6 is 11.6 Å². The van der Waals surface area contributed by atoms with Gasteiger partial charge in [0.15, 0.2) is 0 Å². The number of benzene rings is 2. The van der Waals surface area contributed by atoms with Crippen molar-refractivity contribution in [3.8, 4) is 0 Å². The van der Waals surface area contributed by atoms with E-state index in [2.05, 4.69) is 48.2 Å². The maximum Gasteiger partial charge on any atom is 0.108 e. The molecule has 3 rings (SSSR count). The van der Waals surface area contributed by atoms with Gasteiger partial charge >= 0.3 is 0 Å². The number of nitrogens with zero attached hydrogens (tertiary/aromatic N) is 1. The van der Waals surface area contributed by atoms with Crippen molar-refractivity contribution in [1.82, 2.24) is 4.90 Å². The normalized spacial score (nSPS) is 19.5. The lowest BCUT2D eigenvalue weighted by Crippen LogP contribution is -2.25. The third-order valence-corrected chi connectivity index (χ3v) is 4.91. The summed E-state index contributed by atoms with van der Waals surface area (Å²) in [6.07, 6.45) is 3.90. The van der Waals surface area contributed by atoms with Gasteiger partial charge in [0.1, 0.15) is 6.10 Å². The van der Waals surface area contributed by atoms with Gasteiger partial charge in [-0.25, -0.2) is 0 Å². The predicted octanol–water partition coefficient (Wildman–Crippen LogP) is 5.32. The van der Waals surface area contributed by atoms with E-state index in [9.17, 15) is 0 Å². The maximum absolute atomic E-state index is 6.55. The predicted molar refractivity (Wildman–Crippen MR) is 101 cm³/mol. The monoisotopic (exact) mass is 343 g/mol. The number of unbranched alkanes of at least 4 members (excludes halogenated alkanes) is 1. The second-order valence-electron chi connectivity index (χ2n) is 6.54. The molecule has 2 nitrogen and oxygen atoms in total. The minimum absolute atomic E-state index is 0.0282. The van der Waals surface area contributed by atoms with Crippen LogP contribution in [0.3, 0.4) is 0 Å². The van der Waals surface area contributed by atoms with Crippen molar-refractivity contribution < 1.29 is 4.74 Å². The minimum Gasteiger partial charge on any atom is -0.364 e. The molecule has 2 aromatic rings. The standard InChI is InChI=1S/C21H26ClNO/c1-2-3-14-23-15-13-20(16-23)24-21(17-7-5-4-6-8-17)18-9-11-19(22)12-10-18/h4-12,20-21H,2-3,13-16H2,1H3. The molecule has 128 valence electrons. The van der Waals surface area contributed by atoms with Crippen molar-refractivity contribution >= 4 is 11.6 Å². The van der Waals surface area contributed by atoms with E-state index in [0.717, 1.165) is 30.1 Å². The third-order valence-electron chi connectivity index (χ3n) is 4.66. The number of likely N-dealkylation sites (tertiary alicyclic amines) is 1. The molecule has 0 radical (unpaired) electrons. The minimum atomic E-state index is -0.0282. The van der Waals surface area contributed by atoms with Crippen molar-refractivity contribution in [1.29, 1.82) is 0 Å². The molecule has 0 amide bonds. The summed E-state index contributed by atoms with van der Waals surface area (Å²) in [7, 11) is 0. The first kappa shape index (κ1) is 17.5. The summed E-state index contributed by atoms with van der Waals surface area (Å²) in [6, 6.07) is 18.5. The highest BCUT2D eigenvalue weighted by molar-refractivity contribution is 6.30. The van der Waals surface area contributed by atoms with Crippen LogP contribution in [0.2, 0.25) is 5.02 Å². The summed E-state index contributed by atoms with van der Waals surface area (Å²) in [6.45, 7) is 5.62. The molecule has 0 aliphatic carbocycles. The molecule has 0 aromatic heterocycles. The molecule has 0 saturated carbocycles. The zero-order valence-electron chi connectivity index (χ0n) is 14.3. The number of hydrogen-bond acceptors (Lipinski definition) is 2. The Morgan fingerprint density at radius 1 is 1.08 bits per heavy atom. The summed E-state index contributed by atoms with van der Waals surface area (Å²) >= 11 is 6.05. The van der Waals surface area contributed by atoms with Crippen LogP contribution in [0.15, 0.2) is 54.6 Å². The first-order valence-corrected chi connectivity index (χ1v) is 9.32. The Bertz CT molecular complexity index is 613. The molecule has 0 bridgehead atoms. The summed E-state index contributed by atoms with van der Waals surface area (Å²) in [5.41, 5.74) is 2.37. The van der Waals surface area contributed by atoms with Gasteiger partial charge in [0.05, 0.1) is 6.10 Å². The van der Waals surface area contributed by atoms with Crippen LogP contribution in [-0.2, 0) is 4.74 Å². The van der Waals surface area contributed by atoms with Gasteiger partial charge in [0, 0.05) is 18.1 Å². The van der Waals surface area contributed by atoms with Crippen LogP contribution < -0.4 is 0 Å². The highest BCUT2D eigenvalue weighted by Gasteiger charge is 2.26. The molecule has 0 N–H and O–H groups in total. The molecular weight excluding hydrogens is 318 g/mol. The van der Waals surface area contributed by atoms with Gasteiger partial charge in [0.2, 0.25) is 0 Å². The molecule has 24 heavy (non-hydrogen) atoms. The number of ether oxygens (including phenoxy) is 1. The molecule has 0 spiro atoms. The van der Waals surface area contributed by atoms with E-state index in [0.29, 0.717) is 6.10 Å². The number of rotatable bonds is 7. The van der Waals surface area contributed by atoms with E-state index >= 15 is 0 Å². The van der Waals surface area contributed by atoms with Gasteiger partial charge in [-0.15, -0.1) is 0 Å².